The molecule has 0 unspecified atom stereocenters. The number of ether oxygens (including phenoxy) is 2. The van der Waals surface area contributed by atoms with E-state index in [1.807, 2.05) is 43.6 Å². The Morgan fingerprint density at radius 1 is 1.23 bits per heavy atom. The molecule has 0 saturated carbocycles. The summed E-state index contributed by atoms with van der Waals surface area (Å²) >= 11 is 1.61. The number of nitriles is 1. The largest absolute Gasteiger partial charge is 0.492 e. The number of benzene rings is 2. The Bertz CT molecular complexity index is 1100. The lowest BCUT2D eigenvalue weighted by atomic mass is 10.1. The van der Waals surface area contributed by atoms with Gasteiger partial charge in [-0.15, -0.1) is 0 Å². The van der Waals surface area contributed by atoms with Crippen molar-refractivity contribution in [1.82, 2.24) is 9.29 Å². The number of hydrogen-bond donors (Lipinski definition) is 1. The summed E-state index contributed by atoms with van der Waals surface area (Å²) in [4.78, 5) is 0. The lowest BCUT2D eigenvalue weighted by Gasteiger charge is -2.14. The Hall–Kier alpha value is -2.88. The van der Waals surface area contributed by atoms with Gasteiger partial charge in [0.15, 0.2) is 0 Å². The predicted molar refractivity (Wildman–Crippen MR) is 129 cm³/mol. The van der Waals surface area contributed by atoms with Crippen LogP contribution >= 0.6 is 11.9 Å². The SMILES string of the molecule is C=C(CCNSC)COc1ccc2c(ccn2-c2cc(C)c(OCCC)c(C#N)c2)c1. The van der Waals surface area contributed by atoms with Crippen molar-refractivity contribution >= 4 is 22.9 Å². The standard InChI is InChI=1S/C25H29N3O2S/c1-5-12-29-25-19(3)13-22(14-21(25)16-26)28-11-9-20-15-23(6-7-24(20)28)30-17-18(2)8-10-27-31-4/h6-7,9,11,13-15,27H,2,5,8,10,12,17H2,1,3-4H3. The van der Waals surface area contributed by atoms with Crippen molar-refractivity contribution in [2.75, 3.05) is 26.0 Å². The number of nitrogens with zero attached hydrogens (tertiary/aromatic N) is 2. The molecule has 0 saturated heterocycles. The highest BCUT2D eigenvalue weighted by atomic mass is 32.2. The molecule has 5 nitrogen and oxygen atoms in total. The third kappa shape index (κ3) is 5.63. The molecule has 0 aliphatic rings. The zero-order valence-electron chi connectivity index (χ0n) is 18.4. The molecule has 0 fully saturated rings. The fraction of sp³-hybridized carbons (Fsp3) is 0.320. The van der Waals surface area contributed by atoms with Crippen molar-refractivity contribution in [3.05, 3.63) is 65.9 Å². The molecule has 0 aliphatic carbocycles. The van der Waals surface area contributed by atoms with Crippen LogP contribution in [-0.4, -0.2) is 30.6 Å². The van der Waals surface area contributed by atoms with Gasteiger partial charge in [0.05, 0.1) is 17.7 Å². The van der Waals surface area contributed by atoms with E-state index in [1.165, 1.54) is 0 Å². The summed E-state index contributed by atoms with van der Waals surface area (Å²) in [5.41, 5.74) is 4.57. The monoisotopic (exact) mass is 435 g/mol. The van der Waals surface area contributed by atoms with Gasteiger partial charge >= 0.3 is 0 Å². The van der Waals surface area contributed by atoms with E-state index in [9.17, 15) is 5.26 Å². The number of aryl methyl sites for hydroxylation is 1. The van der Waals surface area contributed by atoms with E-state index < -0.39 is 0 Å². The van der Waals surface area contributed by atoms with Crippen LogP contribution in [0.5, 0.6) is 11.5 Å². The van der Waals surface area contributed by atoms with Gasteiger partial charge in [-0.1, -0.05) is 25.5 Å². The van der Waals surface area contributed by atoms with Crippen LogP contribution < -0.4 is 14.2 Å². The van der Waals surface area contributed by atoms with Crippen molar-refractivity contribution in [2.45, 2.75) is 26.7 Å². The normalized spacial score (nSPS) is 10.8. The molecule has 2 aromatic carbocycles. The zero-order chi connectivity index (χ0) is 22.2. The first-order valence-electron chi connectivity index (χ1n) is 10.4. The van der Waals surface area contributed by atoms with Crippen LogP contribution in [0.1, 0.15) is 30.9 Å². The van der Waals surface area contributed by atoms with E-state index in [1.54, 1.807) is 11.9 Å². The molecule has 1 aromatic heterocycles. The second-order valence-corrected chi connectivity index (χ2v) is 8.09. The highest BCUT2D eigenvalue weighted by Gasteiger charge is 2.12. The molecule has 1 N–H and O–H groups in total. The summed E-state index contributed by atoms with van der Waals surface area (Å²) in [5.74, 6) is 1.50. The van der Waals surface area contributed by atoms with Gasteiger partial charge in [0.1, 0.15) is 24.2 Å². The molecule has 0 bridgehead atoms. The number of rotatable bonds is 11. The van der Waals surface area contributed by atoms with E-state index >= 15 is 0 Å². The minimum atomic E-state index is 0.506. The summed E-state index contributed by atoms with van der Waals surface area (Å²) in [6.07, 6.45) is 5.82. The van der Waals surface area contributed by atoms with Gasteiger partial charge in [-0.05, 0) is 73.6 Å². The lowest BCUT2D eigenvalue weighted by Crippen LogP contribution is -2.09. The molecule has 3 aromatic rings. The van der Waals surface area contributed by atoms with Crippen LogP contribution in [0.4, 0.5) is 0 Å². The molecule has 0 atom stereocenters. The number of aromatic nitrogens is 1. The second-order valence-electron chi connectivity index (χ2n) is 7.39. The Balaban J connectivity index is 1.80. The molecule has 0 radical (unpaired) electrons. The molecular weight excluding hydrogens is 406 g/mol. The van der Waals surface area contributed by atoms with Gasteiger partial charge in [0.2, 0.25) is 0 Å². The summed E-state index contributed by atoms with van der Waals surface area (Å²) in [5, 5.41) is 10.7. The summed E-state index contributed by atoms with van der Waals surface area (Å²) < 4.78 is 17.0. The Labute approximate surface area is 188 Å². The average molecular weight is 436 g/mol. The van der Waals surface area contributed by atoms with E-state index in [2.05, 4.69) is 41.0 Å². The molecule has 31 heavy (non-hydrogen) atoms. The van der Waals surface area contributed by atoms with Crippen molar-refractivity contribution in [3.8, 4) is 23.3 Å². The molecule has 0 spiro atoms. The maximum atomic E-state index is 9.62. The van der Waals surface area contributed by atoms with Gasteiger partial charge < -0.3 is 14.0 Å². The Morgan fingerprint density at radius 3 is 2.81 bits per heavy atom. The van der Waals surface area contributed by atoms with E-state index in [4.69, 9.17) is 9.47 Å². The minimum absolute atomic E-state index is 0.506. The highest BCUT2D eigenvalue weighted by molar-refractivity contribution is 7.96. The molecule has 3 rings (SSSR count). The first-order chi connectivity index (χ1) is 15.1. The van der Waals surface area contributed by atoms with Crippen molar-refractivity contribution in [3.63, 3.8) is 0 Å². The number of fused-ring (bicyclic) bond motifs is 1. The van der Waals surface area contributed by atoms with Crippen LogP contribution in [0.3, 0.4) is 0 Å². The number of hydrogen-bond acceptors (Lipinski definition) is 5. The topological polar surface area (TPSA) is 59.2 Å². The van der Waals surface area contributed by atoms with Crippen LogP contribution in [0.2, 0.25) is 0 Å². The average Bonchev–Trinajstić information content (AvgIpc) is 3.20. The van der Waals surface area contributed by atoms with Crippen LogP contribution in [0.25, 0.3) is 16.6 Å². The smallest absolute Gasteiger partial charge is 0.140 e. The molecule has 0 amide bonds. The fourth-order valence-electron chi connectivity index (χ4n) is 3.40. The maximum Gasteiger partial charge on any atom is 0.140 e. The third-order valence-corrected chi connectivity index (χ3v) is 5.43. The van der Waals surface area contributed by atoms with E-state index in [-0.39, 0.29) is 0 Å². The summed E-state index contributed by atoms with van der Waals surface area (Å²) in [6, 6.07) is 14.3. The second kappa shape index (κ2) is 10.9. The molecule has 0 aliphatic heterocycles. The summed E-state index contributed by atoms with van der Waals surface area (Å²) in [6.45, 7) is 10.1. The maximum absolute atomic E-state index is 9.62. The van der Waals surface area contributed by atoms with Gasteiger partial charge in [-0.2, -0.15) is 5.26 Å². The molecule has 162 valence electrons. The Kier molecular flexibility index (Phi) is 8.05. The molecule has 6 heteroatoms. The molecular formula is C25H29N3O2S. The van der Waals surface area contributed by atoms with Crippen LogP contribution in [0.15, 0.2) is 54.7 Å². The summed E-state index contributed by atoms with van der Waals surface area (Å²) in [7, 11) is 0. The van der Waals surface area contributed by atoms with Gasteiger partial charge in [-0.25, -0.2) is 0 Å². The van der Waals surface area contributed by atoms with Crippen molar-refractivity contribution in [1.29, 1.82) is 5.26 Å². The quantitative estimate of drug-likeness (QED) is 0.235. The first-order valence-corrected chi connectivity index (χ1v) is 11.6. The van der Waals surface area contributed by atoms with Crippen LogP contribution in [-0.2, 0) is 0 Å². The minimum Gasteiger partial charge on any atom is -0.492 e. The van der Waals surface area contributed by atoms with Gasteiger partial charge in [0, 0.05) is 23.8 Å². The van der Waals surface area contributed by atoms with Gasteiger partial charge in [0.25, 0.3) is 0 Å². The van der Waals surface area contributed by atoms with Crippen molar-refractivity contribution in [2.24, 2.45) is 0 Å². The zero-order valence-corrected chi connectivity index (χ0v) is 19.2. The van der Waals surface area contributed by atoms with Crippen LogP contribution in [0, 0.1) is 18.3 Å². The predicted octanol–water partition coefficient (Wildman–Crippen LogP) is 5.79. The number of nitrogens with one attached hydrogen (secondary N) is 1. The van der Waals surface area contributed by atoms with E-state index in [0.717, 1.165) is 52.9 Å². The van der Waals surface area contributed by atoms with Gasteiger partial charge in [-0.3, -0.25) is 4.72 Å². The first kappa shape index (κ1) is 22.8. The van der Waals surface area contributed by atoms with Crippen molar-refractivity contribution < 1.29 is 9.47 Å². The van der Waals surface area contributed by atoms with E-state index in [0.29, 0.717) is 24.5 Å². The third-order valence-electron chi connectivity index (χ3n) is 4.94. The fourth-order valence-corrected chi connectivity index (χ4v) is 3.70. The lowest BCUT2D eigenvalue weighted by molar-refractivity contribution is 0.314. The highest BCUT2D eigenvalue weighted by Crippen LogP contribution is 2.30. The Morgan fingerprint density at radius 2 is 2.06 bits per heavy atom. The molecule has 1 heterocycles.